The molecule has 0 radical (unpaired) electrons. The Morgan fingerprint density at radius 1 is 1.47 bits per heavy atom. The van der Waals surface area contributed by atoms with Crippen LogP contribution in [0.25, 0.3) is 0 Å². The summed E-state index contributed by atoms with van der Waals surface area (Å²) in [6.07, 6.45) is 0. The van der Waals surface area contributed by atoms with E-state index in [1.54, 1.807) is 24.3 Å². The van der Waals surface area contributed by atoms with E-state index in [9.17, 15) is 8.42 Å². The zero-order valence-electron chi connectivity index (χ0n) is 8.48. The molecule has 0 spiro atoms. The van der Waals surface area contributed by atoms with Gasteiger partial charge >= 0.3 is 0 Å². The molecule has 0 heterocycles. The molecule has 0 amide bonds. The molecule has 1 atom stereocenters. The normalized spacial score (nSPS) is 13.8. The average molecular weight is 292 g/mol. The van der Waals surface area contributed by atoms with Crippen molar-refractivity contribution in [2.45, 2.75) is 11.8 Å². The highest BCUT2D eigenvalue weighted by Crippen LogP contribution is 2.18. The number of nitrogens with two attached hydrogens (primary N) is 1. The molecule has 84 valence electrons. The quantitative estimate of drug-likeness (QED) is 0.920. The maximum atomic E-state index is 11.9. The molecule has 1 rings (SSSR count). The molecule has 0 fully saturated rings. The number of benzene rings is 1. The second-order valence-corrected chi connectivity index (χ2v) is 6.53. The van der Waals surface area contributed by atoms with Gasteiger partial charge < -0.3 is 5.73 Å². The lowest BCUT2D eigenvalue weighted by Gasteiger charge is -2.09. The SMILES string of the molecule is CC(CN)CS(=O)(=O)c1cccc(Br)c1. The first-order valence-electron chi connectivity index (χ1n) is 4.64. The summed E-state index contributed by atoms with van der Waals surface area (Å²) in [5, 5.41) is 0. The molecule has 0 aliphatic heterocycles. The Kier molecular flexibility index (Phi) is 4.31. The first-order valence-corrected chi connectivity index (χ1v) is 7.08. The minimum atomic E-state index is -3.20. The Bertz CT molecular complexity index is 431. The van der Waals surface area contributed by atoms with E-state index in [1.807, 2.05) is 6.92 Å². The van der Waals surface area contributed by atoms with Crippen LogP contribution in [-0.4, -0.2) is 20.7 Å². The molecule has 0 aliphatic carbocycles. The van der Waals surface area contributed by atoms with Crippen molar-refractivity contribution in [2.75, 3.05) is 12.3 Å². The van der Waals surface area contributed by atoms with E-state index in [1.165, 1.54) is 0 Å². The second-order valence-electron chi connectivity index (χ2n) is 3.58. The zero-order chi connectivity index (χ0) is 11.5. The lowest BCUT2D eigenvalue weighted by Crippen LogP contribution is -2.21. The van der Waals surface area contributed by atoms with E-state index in [0.29, 0.717) is 11.4 Å². The van der Waals surface area contributed by atoms with Crippen molar-refractivity contribution in [1.29, 1.82) is 0 Å². The van der Waals surface area contributed by atoms with E-state index in [0.717, 1.165) is 4.47 Å². The van der Waals surface area contributed by atoms with Gasteiger partial charge in [-0.15, -0.1) is 0 Å². The maximum Gasteiger partial charge on any atom is 0.178 e. The predicted octanol–water partition coefficient (Wildman–Crippen LogP) is 1.82. The van der Waals surface area contributed by atoms with Crippen molar-refractivity contribution in [3.63, 3.8) is 0 Å². The van der Waals surface area contributed by atoms with E-state index in [2.05, 4.69) is 15.9 Å². The van der Waals surface area contributed by atoms with E-state index in [4.69, 9.17) is 5.73 Å². The van der Waals surface area contributed by atoms with Gasteiger partial charge in [0.1, 0.15) is 0 Å². The van der Waals surface area contributed by atoms with E-state index < -0.39 is 9.84 Å². The van der Waals surface area contributed by atoms with Crippen LogP contribution in [0.3, 0.4) is 0 Å². The van der Waals surface area contributed by atoms with Gasteiger partial charge in [-0.25, -0.2) is 8.42 Å². The van der Waals surface area contributed by atoms with Crippen LogP contribution in [0.15, 0.2) is 33.6 Å². The summed E-state index contributed by atoms with van der Waals surface area (Å²) in [7, 11) is -3.20. The molecule has 5 heteroatoms. The van der Waals surface area contributed by atoms with Crippen LogP contribution in [0.5, 0.6) is 0 Å². The maximum absolute atomic E-state index is 11.9. The predicted molar refractivity (Wildman–Crippen MR) is 64.4 cm³/mol. The first kappa shape index (κ1) is 12.7. The van der Waals surface area contributed by atoms with Crippen molar-refractivity contribution < 1.29 is 8.42 Å². The first-order chi connectivity index (χ1) is 6.95. The molecule has 0 saturated carbocycles. The molecule has 3 nitrogen and oxygen atoms in total. The molecule has 1 aromatic rings. The topological polar surface area (TPSA) is 60.2 Å². The van der Waals surface area contributed by atoms with Gasteiger partial charge in [0.15, 0.2) is 9.84 Å². The number of hydrogen-bond donors (Lipinski definition) is 1. The van der Waals surface area contributed by atoms with Crippen LogP contribution in [0.4, 0.5) is 0 Å². The molecule has 15 heavy (non-hydrogen) atoms. The molecule has 0 saturated heterocycles. The van der Waals surface area contributed by atoms with Gasteiger partial charge in [-0.2, -0.15) is 0 Å². The molecule has 0 aliphatic rings. The smallest absolute Gasteiger partial charge is 0.178 e. The molecule has 0 bridgehead atoms. The average Bonchev–Trinajstić information content (AvgIpc) is 2.17. The van der Waals surface area contributed by atoms with Crippen LogP contribution < -0.4 is 5.73 Å². The van der Waals surface area contributed by atoms with Crippen LogP contribution in [0, 0.1) is 5.92 Å². The summed E-state index contributed by atoms with van der Waals surface area (Å²) in [5.41, 5.74) is 5.41. The number of sulfone groups is 1. The third-order valence-electron chi connectivity index (χ3n) is 2.06. The lowest BCUT2D eigenvalue weighted by molar-refractivity contribution is 0.574. The zero-order valence-corrected chi connectivity index (χ0v) is 10.9. The summed E-state index contributed by atoms with van der Waals surface area (Å²) in [6.45, 7) is 2.21. The summed E-state index contributed by atoms with van der Waals surface area (Å²) in [5.74, 6) is 0.0777. The van der Waals surface area contributed by atoms with Gasteiger partial charge in [0.05, 0.1) is 10.6 Å². The summed E-state index contributed by atoms with van der Waals surface area (Å²) < 4.78 is 24.5. The molecular formula is C10H14BrNO2S. The van der Waals surface area contributed by atoms with Crippen molar-refractivity contribution in [3.05, 3.63) is 28.7 Å². The van der Waals surface area contributed by atoms with Crippen molar-refractivity contribution >= 4 is 25.8 Å². The fourth-order valence-corrected chi connectivity index (χ4v) is 3.42. The molecule has 1 unspecified atom stereocenters. The fourth-order valence-electron chi connectivity index (χ4n) is 1.20. The van der Waals surface area contributed by atoms with Crippen LogP contribution in [0.2, 0.25) is 0 Å². The minimum Gasteiger partial charge on any atom is -0.330 e. The molecule has 2 N–H and O–H groups in total. The number of hydrogen-bond acceptors (Lipinski definition) is 3. The summed E-state index contributed by atoms with van der Waals surface area (Å²) >= 11 is 3.25. The number of halogens is 1. The standard InChI is InChI=1S/C10H14BrNO2S/c1-8(6-12)7-15(13,14)10-4-2-3-9(11)5-10/h2-5,8H,6-7,12H2,1H3. The Balaban J connectivity index is 2.96. The van der Waals surface area contributed by atoms with E-state index in [-0.39, 0.29) is 11.7 Å². The van der Waals surface area contributed by atoms with Gasteiger partial charge in [-0.05, 0) is 30.7 Å². The largest absolute Gasteiger partial charge is 0.330 e. The Hall–Kier alpha value is -0.390. The minimum absolute atomic E-state index is 0.0195. The molecule has 0 aromatic heterocycles. The Morgan fingerprint density at radius 3 is 2.67 bits per heavy atom. The van der Waals surface area contributed by atoms with Crippen molar-refractivity contribution in [1.82, 2.24) is 0 Å². The second kappa shape index (κ2) is 5.09. The van der Waals surface area contributed by atoms with E-state index >= 15 is 0 Å². The monoisotopic (exact) mass is 291 g/mol. The van der Waals surface area contributed by atoms with Gasteiger partial charge in [-0.1, -0.05) is 28.9 Å². The highest BCUT2D eigenvalue weighted by atomic mass is 79.9. The lowest BCUT2D eigenvalue weighted by atomic mass is 10.2. The third kappa shape index (κ3) is 3.59. The highest BCUT2D eigenvalue weighted by molar-refractivity contribution is 9.10. The van der Waals surface area contributed by atoms with Crippen molar-refractivity contribution in [2.24, 2.45) is 11.7 Å². The van der Waals surface area contributed by atoms with Gasteiger partial charge in [0, 0.05) is 4.47 Å². The van der Waals surface area contributed by atoms with Crippen LogP contribution in [-0.2, 0) is 9.84 Å². The van der Waals surface area contributed by atoms with Crippen LogP contribution >= 0.6 is 15.9 Å². The fraction of sp³-hybridized carbons (Fsp3) is 0.400. The highest BCUT2D eigenvalue weighted by Gasteiger charge is 2.17. The van der Waals surface area contributed by atoms with Gasteiger partial charge in [-0.3, -0.25) is 0 Å². The van der Waals surface area contributed by atoms with Gasteiger partial charge in [0.2, 0.25) is 0 Å². The summed E-state index contributed by atoms with van der Waals surface area (Å²) in [4.78, 5) is 0.345. The van der Waals surface area contributed by atoms with Crippen LogP contribution in [0.1, 0.15) is 6.92 Å². The summed E-state index contributed by atoms with van der Waals surface area (Å²) in [6, 6.07) is 6.72. The van der Waals surface area contributed by atoms with Crippen molar-refractivity contribution in [3.8, 4) is 0 Å². The third-order valence-corrected chi connectivity index (χ3v) is 4.53. The number of rotatable bonds is 4. The Labute approximate surface area is 98.7 Å². The Morgan fingerprint density at radius 2 is 2.13 bits per heavy atom. The molecule has 1 aromatic carbocycles. The van der Waals surface area contributed by atoms with Gasteiger partial charge in [0.25, 0.3) is 0 Å². The molecular weight excluding hydrogens is 278 g/mol.